The zero-order valence-electron chi connectivity index (χ0n) is 14.7. The molecule has 0 unspecified atom stereocenters. The number of rotatable bonds is 6. The molecule has 26 heavy (non-hydrogen) atoms. The molecule has 1 saturated heterocycles. The molecule has 0 aromatic rings. The average molecular weight is 388 g/mol. The van der Waals surface area contributed by atoms with E-state index >= 15 is 0 Å². The lowest BCUT2D eigenvalue weighted by atomic mass is 9.95. The fourth-order valence-corrected chi connectivity index (χ4v) is 2.57. The van der Waals surface area contributed by atoms with Crippen molar-refractivity contribution in [2.24, 2.45) is 4.99 Å². The van der Waals surface area contributed by atoms with Crippen molar-refractivity contribution in [3.63, 3.8) is 0 Å². The number of amides is 1. The predicted octanol–water partition coefficient (Wildman–Crippen LogP) is -0.255. The summed E-state index contributed by atoms with van der Waals surface area (Å²) in [5.74, 6) is -2.40. The summed E-state index contributed by atoms with van der Waals surface area (Å²) in [7, 11) is 0. The van der Waals surface area contributed by atoms with E-state index in [0.29, 0.717) is 0 Å². The first-order chi connectivity index (χ1) is 12.1. The van der Waals surface area contributed by atoms with Crippen LogP contribution < -0.4 is 5.32 Å². The minimum atomic E-state index is -1.15. The van der Waals surface area contributed by atoms with Gasteiger partial charge in [0.25, 0.3) is 0 Å². The highest BCUT2D eigenvalue weighted by Gasteiger charge is 2.50. The monoisotopic (exact) mass is 388 g/mol. The second kappa shape index (κ2) is 9.95. The van der Waals surface area contributed by atoms with E-state index in [2.05, 4.69) is 27.7 Å². The van der Waals surface area contributed by atoms with Crippen molar-refractivity contribution in [2.45, 2.75) is 58.3 Å². The van der Waals surface area contributed by atoms with Gasteiger partial charge in [-0.25, -0.2) is 0 Å². The van der Waals surface area contributed by atoms with Crippen molar-refractivity contribution in [3.8, 4) is 0 Å². The van der Waals surface area contributed by atoms with Crippen LogP contribution >= 0.6 is 12.2 Å². The van der Waals surface area contributed by atoms with Crippen LogP contribution in [-0.4, -0.2) is 66.2 Å². The summed E-state index contributed by atoms with van der Waals surface area (Å²) in [5.41, 5.74) is 0. The third-order valence-electron chi connectivity index (χ3n) is 3.27. The molecule has 1 N–H and O–H groups in total. The van der Waals surface area contributed by atoms with Crippen molar-refractivity contribution in [3.05, 3.63) is 0 Å². The lowest BCUT2D eigenvalue weighted by Crippen LogP contribution is -2.65. The number of hydrogen-bond acceptors (Lipinski definition) is 10. The zero-order chi connectivity index (χ0) is 19.9. The van der Waals surface area contributed by atoms with E-state index in [-0.39, 0.29) is 6.61 Å². The summed E-state index contributed by atoms with van der Waals surface area (Å²) in [6, 6.07) is -0.996. The number of thiocarbonyl (C=S) groups is 1. The van der Waals surface area contributed by atoms with E-state index < -0.39 is 54.4 Å². The Labute approximate surface area is 155 Å². The maximum Gasteiger partial charge on any atom is 0.303 e. The highest BCUT2D eigenvalue weighted by Crippen LogP contribution is 2.27. The highest BCUT2D eigenvalue weighted by molar-refractivity contribution is 7.78. The van der Waals surface area contributed by atoms with Gasteiger partial charge >= 0.3 is 17.9 Å². The van der Waals surface area contributed by atoms with Gasteiger partial charge in [0.1, 0.15) is 18.8 Å². The number of nitrogens with zero attached hydrogens (tertiary/aromatic N) is 1. The Hall–Kier alpha value is -2.36. The molecule has 144 valence electrons. The van der Waals surface area contributed by atoms with E-state index in [9.17, 15) is 19.2 Å². The summed E-state index contributed by atoms with van der Waals surface area (Å²) in [6.07, 6.45) is -4.39. The van der Waals surface area contributed by atoms with Gasteiger partial charge in [0.05, 0.1) is 5.16 Å². The molecular formula is C15H20N2O8S. The molecule has 0 spiro atoms. The molecule has 1 rings (SSSR count). The summed E-state index contributed by atoms with van der Waals surface area (Å²) < 4.78 is 21.1. The predicted molar refractivity (Wildman–Crippen MR) is 89.0 cm³/mol. The standard InChI is InChI=1S/C15H20N2O8S/c1-7(18)17-12-14(24-10(4)21)13(23-9(3)20)11(5-22-8(2)19)25-15(12)16-6-26/h11-15H,5H2,1-4H3,(H,17,18)/t11-,12-,13-,14-,15-/m0/s1. The first kappa shape index (κ1) is 21.7. The largest absolute Gasteiger partial charge is 0.463 e. The van der Waals surface area contributed by atoms with E-state index in [1.807, 2.05) is 0 Å². The second-order valence-corrected chi connectivity index (χ2v) is 5.65. The molecule has 0 aliphatic carbocycles. The van der Waals surface area contributed by atoms with Crippen LogP contribution in [0.5, 0.6) is 0 Å². The fourth-order valence-electron chi connectivity index (χ4n) is 2.47. The molecule has 0 saturated carbocycles. The van der Waals surface area contributed by atoms with Gasteiger partial charge in [0.2, 0.25) is 5.91 Å². The van der Waals surface area contributed by atoms with Gasteiger partial charge in [-0.15, -0.1) is 0 Å². The van der Waals surface area contributed by atoms with Crippen LogP contribution in [0.15, 0.2) is 4.99 Å². The maximum atomic E-state index is 11.5. The van der Waals surface area contributed by atoms with E-state index in [1.54, 1.807) is 0 Å². The van der Waals surface area contributed by atoms with Crippen LogP contribution in [0.1, 0.15) is 27.7 Å². The van der Waals surface area contributed by atoms with Crippen molar-refractivity contribution in [1.82, 2.24) is 5.32 Å². The Balaban J connectivity index is 3.28. The number of nitrogens with one attached hydrogen (secondary N) is 1. The van der Waals surface area contributed by atoms with Gasteiger partial charge < -0.3 is 24.3 Å². The number of ether oxygens (including phenoxy) is 4. The molecule has 1 amide bonds. The first-order valence-electron chi connectivity index (χ1n) is 7.63. The van der Waals surface area contributed by atoms with Gasteiger partial charge in [-0.2, -0.15) is 4.99 Å². The Morgan fingerprint density at radius 1 is 1.04 bits per heavy atom. The molecule has 1 aliphatic rings. The smallest absolute Gasteiger partial charge is 0.303 e. The molecule has 0 aromatic carbocycles. The molecule has 1 heterocycles. The topological polar surface area (TPSA) is 130 Å². The third-order valence-corrected chi connectivity index (χ3v) is 3.38. The van der Waals surface area contributed by atoms with Gasteiger partial charge in [0.15, 0.2) is 18.4 Å². The van der Waals surface area contributed by atoms with E-state index in [0.717, 1.165) is 13.8 Å². The van der Waals surface area contributed by atoms with Gasteiger partial charge in [-0.3, -0.25) is 19.2 Å². The summed E-state index contributed by atoms with van der Waals surface area (Å²) >= 11 is 4.58. The van der Waals surface area contributed by atoms with E-state index in [1.165, 1.54) is 13.8 Å². The normalized spacial score (nSPS) is 27.5. The molecule has 1 aliphatic heterocycles. The van der Waals surface area contributed by atoms with Gasteiger partial charge in [-0.1, -0.05) is 0 Å². The van der Waals surface area contributed by atoms with Crippen molar-refractivity contribution < 1.29 is 38.1 Å². The van der Waals surface area contributed by atoms with Crippen LogP contribution in [0.4, 0.5) is 0 Å². The van der Waals surface area contributed by atoms with Crippen LogP contribution in [0.25, 0.3) is 0 Å². The number of aliphatic imine (C=N–C) groups is 1. The summed E-state index contributed by atoms with van der Waals surface area (Å²) in [6.45, 7) is 4.46. The SMILES string of the molecule is CC(=O)N[C@H]1[C@H](OC(C)=O)[C@@H](OC(C)=O)[C@H](COC(C)=O)O[C@@H]1N=C=S. The Morgan fingerprint density at radius 2 is 1.62 bits per heavy atom. The fraction of sp³-hybridized carbons (Fsp3) is 0.667. The van der Waals surface area contributed by atoms with Crippen LogP contribution in [0.2, 0.25) is 0 Å². The molecule has 0 radical (unpaired) electrons. The zero-order valence-corrected chi connectivity index (χ0v) is 15.5. The number of carbonyl (C=O) groups excluding carboxylic acids is 4. The van der Waals surface area contributed by atoms with Gasteiger partial charge in [0, 0.05) is 27.7 Å². The van der Waals surface area contributed by atoms with E-state index in [4.69, 9.17) is 18.9 Å². The summed E-state index contributed by atoms with van der Waals surface area (Å²) in [5, 5.41) is 4.67. The summed E-state index contributed by atoms with van der Waals surface area (Å²) in [4.78, 5) is 49.5. The van der Waals surface area contributed by atoms with Crippen molar-refractivity contribution in [2.75, 3.05) is 6.61 Å². The number of carbonyl (C=O) groups is 4. The minimum Gasteiger partial charge on any atom is -0.463 e. The highest BCUT2D eigenvalue weighted by atomic mass is 32.1. The number of isothiocyanates is 1. The Kier molecular flexibility index (Phi) is 8.30. The van der Waals surface area contributed by atoms with Crippen molar-refractivity contribution >= 4 is 41.2 Å². The second-order valence-electron chi connectivity index (χ2n) is 5.46. The quantitative estimate of drug-likeness (QED) is 0.283. The average Bonchev–Trinajstić information content (AvgIpc) is 2.50. The third kappa shape index (κ3) is 6.51. The molecule has 5 atom stereocenters. The molecular weight excluding hydrogens is 368 g/mol. The molecule has 1 fully saturated rings. The molecule has 0 bridgehead atoms. The van der Waals surface area contributed by atoms with Gasteiger partial charge in [-0.05, 0) is 12.2 Å². The molecule has 11 heteroatoms. The number of hydrogen-bond donors (Lipinski definition) is 1. The minimum absolute atomic E-state index is 0.290. The maximum absolute atomic E-state index is 11.5. The number of esters is 3. The lowest BCUT2D eigenvalue weighted by molar-refractivity contribution is -0.222. The molecule has 10 nitrogen and oxygen atoms in total. The van der Waals surface area contributed by atoms with Crippen LogP contribution in [0, 0.1) is 0 Å². The first-order valence-corrected chi connectivity index (χ1v) is 8.03. The van der Waals surface area contributed by atoms with Crippen molar-refractivity contribution in [1.29, 1.82) is 0 Å². The Bertz CT molecular complexity index is 619. The van der Waals surface area contributed by atoms with Crippen LogP contribution in [0.3, 0.4) is 0 Å². The Morgan fingerprint density at radius 3 is 2.08 bits per heavy atom. The van der Waals surface area contributed by atoms with Crippen LogP contribution in [-0.2, 0) is 38.1 Å². The lowest BCUT2D eigenvalue weighted by Gasteiger charge is -2.43. The molecule has 0 aromatic heterocycles.